The van der Waals surface area contributed by atoms with Gasteiger partial charge in [-0.3, -0.25) is 0 Å². The average molecular weight is 263 g/mol. The summed E-state index contributed by atoms with van der Waals surface area (Å²) >= 11 is 0. The van der Waals surface area contributed by atoms with Gasteiger partial charge in [0.05, 0.1) is 6.10 Å². The third-order valence-electron chi connectivity index (χ3n) is 4.86. The fourth-order valence-electron chi connectivity index (χ4n) is 3.91. The lowest BCUT2D eigenvalue weighted by Crippen LogP contribution is -2.48. The van der Waals surface area contributed by atoms with Gasteiger partial charge in [0, 0.05) is 19.1 Å². The predicted octanol–water partition coefficient (Wildman–Crippen LogP) is 3.09. The van der Waals surface area contributed by atoms with E-state index >= 15 is 0 Å². The molecular formula is C16H22FNO. The van der Waals surface area contributed by atoms with Gasteiger partial charge in [-0.05, 0) is 49.8 Å². The maximum absolute atomic E-state index is 14.2. The lowest BCUT2D eigenvalue weighted by Gasteiger charge is -2.49. The van der Waals surface area contributed by atoms with Crippen molar-refractivity contribution in [1.29, 1.82) is 0 Å². The van der Waals surface area contributed by atoms with Gasteiger partial charge in [-0.1, -0.05) is 18.2 Å². The molecule has 2 nitrogen and oxygen atoms in total. The first-order valence-electron chi connectivity index (χ1n) is 7.28. The molecule has 2 saturated heterocycles. The Morgan fingerprint density at radius 3 is 2.95 bits per heavy atom. The lowest BCUT2D eigenvalue weighted by molar-refractivity contribution is -0.0601. The number of benzene rings is 1. The minimum atomic E-state index is -0.0604. The van der Waals surface area contributed by atoms with Crippen molar-refractivity contribution in [2.45, 2.75) is 38.2 Å². The summed E-state index contributed by atoms with van der Waals surface area (Å²) in [6.45, 7) is 4.87. The molecule has 3 atom stereocenters. The third kappa shape index (κ3) is 2.41. The van der Waals surface area contributed by atoms with E-state index in [-0.39, 0.29) is 17.2 Å². The van der Waals surface area contributed by atoms with Gasteiger partial charge >= 0.3 is 0 Å². The Bertz CT molecular complexity index is 446. The molecule has 3 rings (SSSR count). The van der Waals surface area contributed by atoms with Crippen molar-refractivity contribution < 1.29 is 9.13 Å². The van der Waals surface area contributed by atoms with Gasteiger partial charge in [-0.15, -0.1) is 0 Å². The molecule has 104 valence electrons. The highest BCUT2D eigenvalue weighted by molar-refractivity contribution is 5.26. The average Bonchev–Trinajstić information content (AvgIpc) is 2.40. The third-order valence-corrected chi connectivity index (χ3v) is 4.86. The van der Waals surface area contributed by atoms with Crippen LogP contribution in [-0.4, -0.2) is 25.8 Å². The highest BCUT2D eigenvalue weighted by Crippen LogP contribution is 2.49. The van der Waals surface area contributed by atoms with E-state index in [1.54, 1.807) is 12.1 Å². The Morgan fingerprint density at radius 2 is 2.16 bits per heavy atom. The molecule has 1 spiro atoms. The van der Waals surface area contributed by atoms with Crippen LogP contribution < -0.4 is 5.32 Å². The van der Waals surface area contributed by atoms with Crippen LogP contribution in [0.2, 0.25) is 0 Å². The maximum Gasteiger partial charge on any atom is 0.126 e. The molecule has 2 aliphatic rings. The van der Waals surface area contributed by atoms with E-state index in [9.17, 15) is 4.39 Å². The zero-order valence-electron chi connectivity index (χ0n) is 11.5. The molecule has 1 aromatic carbocycles. The number of halogens is 1. The second-order valence-electron chi connectivity index (χ2n) is 6.03. The van der Waals surface area contributed by atoms with Crippen LogP contribution in [0.25, 0.3) is 0 Å². The minimum Gasteiger partial charge on any atom is -0.378 e. The number of rotatable bonds is 1. The zero-order chi connectivity index (χ0) is 13.3. The van der Waals surface area contributed by atoms with E-state index in [4.69, 9.17) is 4.74 Å². The van der Waals surface area contributed by atoms with E-state index in [0.717, 1.165) is 44.5 Å². The van der Waals surface area contributed by atoms with E-state index < -0.39 is 0 Å². The van der Waals surface area contributed by atoms with Gasteiger partial charge in [-0.25, -0.2) is 4.39 Å². The zero-order valence-corrected chi connectivity index (χ0v) is 11.5. The fourth-order valence-corrected chi connectivity index (χ4v) is 3.91. The van der Waals surface area contributed by atoms with Gasteiger partial charge in [0.25, 0.3) is 0 Å². The summed E-state index contributed by atoms with van der Waals surface area (Å²) in [7, 11) is 0. The van der Waals surface area contributed by atoms with Crippen molar-refractivity contribution in [2.24, 2.45) is 5.41 Å². The quantitative estimate of drug-likeness (QED) is 0.840. The van der Waals surface area contributed by atoms with Crippen LogP contribution in [0, 0.1) is 11.2 Å². The van der Waals surface area contributed by atoms with Crippen LogP contribution in [0.15, 0.2) is 24.3 Å². The second kappa shape index (κ2) is 5.22. The molecule has 0 aliphatic carbocycles. The monoisotopic (exact) mass is 263 g/mol. The SMILES string of the molecule is CC1CC2(CCNCC2c2ccccc2F)CCO1. The summed E-state index contributed by atoms with van der Waals surface area (Å²) in [5, 5.41) is 3.44. The summed E-state index contributed by atoms with van der Waals surface area (Å²) in [5.41, 5.74) is 1.09. The summed E-state index contributed by atoms with van der Waals surface area (Å²) in [6.07, 6.45) is 3.52. The summed E-state index contributed by atoms with van der Waals surface area (Å²) in [5.74, 6) is 0.212. The smallest absolute Gasteiger partial charge is 0.126 e. The molecule has 0 aromatic heterocycles. The first kappa shape index (κ1) is 13.1. The Labute approximate surface area is 114 Å². The van der Waals surface area contributed by atoms with Crippen LogP contribution >= 0.6 is 0 Å². The molecular weight excluding hydrogens is 241 g/mol. The number of piperidine rings is 1. The highest BCUT2D eigenvalue weighted by atomic mass is 19.1. The van der Waals surface area contributed by atoms with Crippen molar-refractivity contribution in [2.75, 3.05) is 19.7 Å². The molecule has 1 aromatic rings. The summed E-state index contributed by atoms with van der Waals surface area (Å²) in [4.78, 5) is 0. The van der Waals surface area contributed by atoms with Gasteiger partial charge in [0.1, 0.15) is 5.82 Å². The van der Waals surface area contributed by atoms with Crippen molar-refractivity contribution in [3.8, 4) is 0 Å². The fraction of sp³-hybridized carbons (Fsp3) is 0.625. The largest absolute Gasteiger partial charge is 0.378 e. The van der Waals surface area contributed by atoms with Crippen LogP contribution in [0.1, 0.15) is 37.7 Å². The van der Waals surface area contributed by atoms with E-state index in [1.165, 1.54) is 0 Å². The second-order valence-corrected chi connectivity index (χ2v) is 6.03. The van der Waals surface area contributed by atoms with Gasteiger partial charge in [-0.2, -0.15) is 0 Å². The Balaban J connectivity index is 1.95. The van der Waals surface area contributed by atoms with Gasteiger partial charge in [0.15, 0.2) is 0 Å². The molecule has 19 heavy (non-hydrogen) atoms. The Hall–Kier alpha value is -0.930. The predicted molar refractivity (Wildman–Crippen MR) is 73.7 cm³/mol. The lowest BCUT2D eigenvalue weighted by atomic mass is 9.62. The van der Waals surface area contributed by atoms with Crippen molar-refractivity contribution in [3.05, 3.63) is 35.6 Å². The van der Waals surface area contributed by atoms with Crippen LogP contribution in [0.3, 0.4) is 0 Å². The molecule has 0 radical (unpaired) electrons. The molecule has 0 saturated carbocycles. The van der Waals surface area contributed by atoms with Crippen molar-refractivity contribution in [1.82, 2.24) is 5.32 Å². The number of ether oxygens (including phenoxy) is 1. The standard InChI is InChI=1S/C16H22FNO/c1-12-10-16(7-9-19-12)6-8-18-11-14(16)13-4-2-3-5-15(13)17/h2-5,12,14,18H,6-11H2,1H3. The van der Waals surface area contributed by atoms with Crippen molar-refractivity contribution in [3.63, 3.8) is 0 Å². The van der Waals surface area contributed by atoms with Crippen LogP contribution in [0.5, 0.6) is 0 Å². The molecule has 3 heteroatoms. The molecule has 2 fully saturated rings. The van der Waals surface area contributed by atoms with Gasteiger partial charge in [0.2, 0.25) is 0 Å². The normalized spacial score (nSPS) is 35.5. The van der Waals surface area contributed by atoms with Gasteiger partial charge < -0.3 is 10.1 Å². The summed E-state index contributed by atoms with van der Waals surface area (Å²) in [6, 6.07) is 7.26. The van der Waals surface area contributed by atoms with E-state index in [0.29, 0.717) is 6.10 Å². The van der Waals surface area contributed by atoms with Crippen molar-refractivity contribution >= 4 is 0 Å². The molecule has 1 N–H and O–H groups in total. The maximum atomic E-state index is 14.2. The molecule has 0 amide bonds. The molecule has 3 unspecified atom stereocenters. The van der Waals surface area contributed by atoms with E-state index in [1.807, 2.05) is 12.1 Å². The highest BCUT2D eigenvalue weighted by Gasteiger charge is 2.44. The molecule has 0 bridgehead atoms. The molecule has 2 heterocycles. The summed E-state index contributed by atoms with van der Waals surface area (Å²) < 4.78 is 19.9. The minimum absolute atomic E-state index is 0.0604. The molecule has 2 aliphatic heterocycles. The first-order valence-corrected chi connectivity index (χ1v) is 7.28. The topological polar surface area (TPSA) is 21.3 Å². The van der Waals surface area contributed by atoms with Crippen LogP contribution in [0.4, 0.5) is 4.39 Å². The van der Waals surface area contributed by atoms with Crippen LogP contribution in [-0.2, 0) is 4.74 Å². The number of nitrogens with one attached hydrogen (secondary N) is 1. The number of hydrogen-bond donors (Lipinski definition) is 1. The first-order chi connectivity index (χ1) is 9.21. The Morgan fingerprint density at radius 1 is 1.32 bits per heavy atom. The van der Waals surface area contributed by atoms with E-state index in [2.05, 4.69) is 12.2 Å². The number of hydrogen-bond acceptors (Lipinski definition) is 2. The Kier molecular flexibility index (Phi) is 3.59.